The summed E-state index contributed by atoms with van der Waals surface area (Å²) in [5.41, 5.74) is 4.46. The fraction of sp³-hybridized carbons (Fsp3) is 0.143. The molecule has 110 valence electrons. The minimum absolute atomic E-state index is 0.250. The zero-order valence-corrected chi connectivity index (χ0v) is 12.1. The number of halogens is 1. The van der Waals surface area contributed by atoms with Gasteiger partial charge in [0.25, 0.3) is 0 Å². The fourth-order valence-corrected chi connectivity index (χ4v) is 1.94. The van der Waals surface area contributed by atoms with E-state index in [9.17, 15) is 4.79 Å². The Balaban J connectivity index is 2.16. The average Bonchev–Trinajstić information content (AvgIpc) is 2.46. The molecule has 0 atom stereocenters. The minimum atomic E-state index is -0.497. The van der Waals surface area contributed by atoms with E-state index in [1.807, 2.05) is 24.5 Å². The quantitative estimate of drug-likeness (QED) is 0.350. The van der Waals surface area contributed by atoms with Crippen molar-refractivity contribution in [2.24, 2.45) is 5.84 Å². The predicted octanol–water partition coefficient (Wildman–Crippen LogP) is 2.62. The number of ether oxygens (including phenoxy) is 1. The van der Waals surface area contributed by atoms with Crippen LogP contribution in [0.25, 0.3) is 0 Å². The summed E-state index contributed by atoms with van der Waals surface area (Å²) < 4.78 is 5.61. The number of rotatable bonds is 4. The molecule has 21 heavy (non-hydrogen) atoms. The van der Waals surface area contributed by atoms with Crippen molar-refractivity contribution in [3.05, 3.63) is 52.7 Å². The van der Waals surface area contributed by atoms with Crippen molar-refractivity contribution >= 4 is 23.3 Å². The van der Waals surface area contributed by atoms with Gasteiger partial charge in [-0.05, 0) is 24.6 Å². The Labute approximate surface area is 127 Å². The number of aryl methyl sites for hydroxylation is 1. The molecule has 2 amide bonds. The van der Waals surface area contributed by atoms with Crippen LogP contribution in [0.2, 0.25) is 5.15 Å². The van der Waals surface area contributed by atoms with E-state index in [1.54, 1.807) is 24.3 Å². The van der Waals surface area contributed by atoms with E-state index in [-0.39, 0.29) is 6.61 Å². The number of aromatic nitrogens is 1. The van der Waals surface area contributed by atoms with Gasteiger partial charge in [0.1, 0.15) is 11.8 Å². The maximum absolute atomic E-state index is 11.3. The molecule has 0 bridgehead atoms. The second kappa shape index (κ2) is 6.92. The molecule has 0 aliphatic carbocycles. The number of nitrogens with one attached hydrogen (secondary N) is 2. The van der Waals surface area contributed by atoms with E-state index >= 15 is 0 Å². The number of nitrogens with zero attached hydrogens (tertiary/aromatic N) is 1. The van der Waals surface area contributed by atoms with Gasteiger partial charge in [-0.3, -0.25) is 5.43 Å². The monoisotopic (exact) mass is 306 g/mol. The lowest BCUT2D eigenvalue weighted by atomic mass is 10.1. The topological polar surface area (TPSA) is 89.3 Å². The first-order chi connectivity index (χ1) is 10.1. The molecule has 0 saturated carbocycles. The third kappa shape index (κ3) is 4.08. The molecule has 2 aromatic rings. The molecule has 6 nitrogen and oxygen atoms in total. The van der Waals surface area contributed by atoms with Crippen molar-refractivity contribution in [3.63, 3.8) is 0 Å². The van der Waals surface area contributed by atoms with E-state index < -0.39 is 6.03 Å². The third-order valence-corrected chi connectivity index (χ3v) is 3.05. The number of carbonyl (C=O) groups is 1. The lowest BCUT2D eigenvalue weighted by Crippen LogP contribution is -2.34. The molecule has 1 aromatic heterocycles. The van der Waals surface area contributed by atoms with E-state index in [4.69, 9.17) is 22.2 Å². The summed E-state index contributed by atoms with van der Waals surface area (Å²) in [7, 11) is 0. The van der Waals surface area contributed by atoms with Crippen LogP contribution in [0.5, 0.6) is 5.88 Å². The first kappa shape index (κ1) is 15.1. The highest BCUT2D eigenvalue weighted by Crippen LogP contribution is 2.22. The minimum Gasteiger partial charge on any atom is -0.473 e. The highest BCUT2D eigenvalue weighted by Gasteiger charge is 2.09. The summed E-state index contributed by atoms with van der Waals surface area (Å²) in [5, 5.41) is 3.01. The number of nitrogens with two attached hydrogens (primary N) is 1. The molecule has 0 radical (unpaired) electrons. The van der Waals surface area contributed by atoms with Gasteiger partial charge in [-0.1, -0.05) is 29.8 Å². The molecule has 1 aromatic carbocycles. The number of amides is 2. The summed E-state index contributed by atoms with van der Waals surface area (Å²) in [6, 6.07) is 10.2. The Morgan fingerprint density at radius 2 is 2.10 bits per heavy atom. The third-order valence-electron chi connectivity index (χ3n) is 2.84. The average molecular weight is 307 g/mol. The number of hydrogen-bond donors (Lipinski definition) is 3. The standard InChI is InChI=1S/C14H15ClN4O2/c1-9-4-2-5-11(17-14(20)19-16)10(9)8-21-13-7-3-6-12(15)18-13/h2-7H,8,16H2,1H3,(H2,17,19,20). The van der Waals surface area contributed by atoms with Crippen molar-refractivity contribution in [2.75, 3.05) is 5.32 Å². The Morgan fingerprint density at radius 1 is 1.33 bits per heavy atom. The van der Waals surface area contributed by atoms with E-state index in [0.29, 0.717) is 16.7 Å². The van der Waals surface area contributed by atoms with Crippen LogP contribution < -0.4 is 21.3 Å². The Kier molecular flexibility index (Phi) is 4.97. The number of benzene rings is 1. The van der Waals surface area contributed by atoms with Crippen molar-refractivity contribution in [1.29, 1.82) is 0 Å². The number of hydrogen-bond acceptors (Lipinski definition) is 4. The van der Waals surface area contributed by atoms with Crippen LogP contribution in [-0.2, 0) is 6.61 Å². The molecule has 0 saturated heterocycles. The van der Waals surface area contributed by atoms with E-state index in [2.05, 4.69) is 10.3 Å². The zero-order chi connectivity index (χ0) is 15.2. The molecule has 0 spiro atoms. The van der Waals surface area contributed by atoms with Crippen molar-refractivity contribution < 1.29 is 9.53 Å². The maximum atomic E-state index is 11.3. The van der Waals surface area contributed by atoms with Gasteiger partial charge in [-0.15, -0.1) is 0 Å². The summed E-state index contributed by atoms with van der Waals surface area (Å²) >= 11 is 5.81. The molecule has 4 N–H and O–H groups in total. The van der Waals surface area contributed by atoms with Crippen LogP contribution in [0.3, 0.4) is 0 Å². The van der Waals surface area contributed by atoms with Crippen LogP contribution in [-0.4, -0.2) is 11.0 Å². The second-order valence-electron chi connectivity index (χ2n) is 4.29. The molecule has 0 aliphatic heterocycles. The van der Waals surface area contributed by atoms with Crippen molar-refractivity contribution in [3.8, 4) is 5.88 Å². The van der Waals surface area contributed by atoms with Gasteiger partial charge >= 0.3 is 6.03 Å². The van der Waals surface area contributed by atoms with Crippen LogP contribution >= 0.6 is 11.6 Å². The van der Waals surface area contributed by atoms with Crippen LogP contribution in [0.1, 0.15) is 11.1 Å². The molecule has 0 fully saturated rings. The SMILES string of the molecule is Cc1cccc(NC(=O)NN)c1COc1cccc(Cl)n1. The normalized spacial score (nSPS) is 10.0. The summed E-state index contributed by atoms with van der Waals surface area (Å²) in [6.07, 6.45) is 0. The Morgan fingerprint density at radius 3 is 2.81 bits per heavy atom. The molecule has 7 heteroatoms. The number of urea groups is 1. The number of carbonyl (C=O) groups excluding carboxylic acids is 1. The second-order valence-corrected chi connectivity index (χ2v) is 4.67. The highest BCUT2D eigenvalue weighted by molar-refractivity contribution is 6.29. The van der Waals surface area contributed by atoms with Gasteiger partial charge in [0, 0.05) is 17.3 Å². The number of hydrazine groups is 1. The molecule has 0 unspecified atom stereocenters. The molecule has 1 heterocycles. The summed E-state index contributed by atoms with van der Waals surface area (Å²) in [5.74, 6) is 5.49. The van der Waals surface area contributed by atoms with Gasteiger partial charge in [0.2, 0.25) is 5.88 Å². The highest BCUT2D eigenvalue weighted by atomic mass is 35.5. The summed E-state index contributed by atoms with van der Waals surface area (Å²) in [6.45, 7) is 2.18. The molecule has 0 aliphatic rings. The van der Waals surface area contributed by atoms with Crippen LogP contribution in [0.15, 0.2) is 36.4 Å². The summed E-state index contributed by atoms with van der Waals surface area (Å²) in [4.78, 5) is 15.4. The number of pyridine rings is 1. The van der Waals surface area contributed by atoms with Gasteiger partial charge < -0.3 is 10.1 Å². The predicted molar refractivity (Wildman–Crippen MR) is 81.1 cm³/mol. The van der Waals surface area contributed by atoms with Crippen molar-refractivity contribution in [1.82, 2.24) is 10.4 Å². The zero-order valence-electron chi connectivity index (χ0n) is 11.4. The Bertz CT molecular complexity index is 649. The largest absolute Gasteiger partial charge is 0.473 e. The first-order valence-electron chi connectivity index (χ1n) is 6.21. The van der Waals surface area contributed by atoms with Crippen LogP contribution in [0.4, 0.5) is 10.5 Å². The van der Waals surface area contributed by atoms with Gasteiger partial charge in [-0.2, -0.15) is 0 Å². The van der Waals surface area contributed by atoms with Crippen LogP contribution in [0, 0.1) is 6.92 Å². The molecular formula is C14H15ClN4O2. The van der Waals surface area contributed by atoms with E-state index in [1.165, 1.54) is 0 Å². The smallest absolute Gasteiger partial charge is 0.333 e. The van der Waals surface area contributed by atoms with Gasteiger partial charge in [0.05, 0.1) is 0 Å². The van der Waals surface area contributed by atoms with E-state index in [0.717, 1.165) is 11.1 Å². The lowest BCUT2D eigenvalue weighted by molar-refractivity contribution is 0.252. The van der Waals surface area contributed by atoms with Gasteiger partial charge in [-0.25, -0.2) is 15.6 Å². The number of anilines is 1. The van der Waals surface area contributed by atoms with Crippen molar-refractivity contribution in [2.45, 2.75) is 13.5 Å². The lowest BCUT2D eigenvalue weighted by Gasteiger charge is -2.14. The van der Waals surface area contributed by atoms with Gasteiger partial charge in [0.15, 0.2) is 0 Å². The molecular weight excluding hydrogens is 292 g/mol. The fourth-order valence-electron chi connectivity index (χ4n) is 1.79. The first-order valence-corrected chi connectivity index (χ1v) is 6.59. The Hall–Kier alpha value is -2.31. The molecule has 2 rings (SSSR count). The maximum Gasteiger partial charge on any atom is 0.333 e.